The highest BCUT2D eigenvalue weighted by molar-refractivity contribution is 5.85. The molecule has 2 rings (SSSR count). The van der Waals surface area contributed by atoms with E-state index in [2.05, 4.69) is 0 Å². The number of carbonyl (C=O) groups excluding carboxylic acids is 1. The Morgan fingerprint density at radius 2 is 2.13 bits per heavy atom. The van der Waals surface area contributed by atoms with Crippen LogP contribution in [0, 0.1) is 0 Å². The van der Waals surface area contributed by atoms with E-state index < -0.39 is 5.60 Å². The van der Waals surface area contributed by atoms with Crippen molar-refractivity contribution in [2.75, 3.05) is 19.7 Å². The molecule has 15 heavy (non-hydrogen) atoms. The summed E-state index contributed by atoms with van der Waals surface area (Å²) < 4.78 is 5.53. The van der Waals surface area contributed by atoms with Crippen LogP contribution in [0.4, 0.5) is 0 Å². The molecule has 0 aliphatic carbocycles. The SMILES string of the molecule is CC1(C(=O)N2CCC(O)CC2)CCCO1. The van der Waals surface area contributed by atoms with Crippen molar-refractivity contribution in [3.63, 3.8) is 0 Å². The Kier molecular flexibility index (Phi) is 2.98. The van der Waals surface area contributed by atoms with E-state index in [9.17, 15) is 9.90 Å². The maximum atomic E-state index is 12.1. The molecule has 2 saturated heterocycles. The minimum absolute atomic E-state index is 0.104. The van der Waals surface area contributed by atoms with Crippen LogP contribution in [-0.2, 0) is 9.53 Å². The number of hydrogen-bond donors (Lipinski definition) is 1. The Morgan fingerprint density at radius 1 is 1.47 bits per heavy atom. The number of aliphatic hydroxyl groups excluding tert-OH is 1. The molecular formula is C11H19NO3. The molecule has 2 aliphatic heterocycles. The average Bonchev–Trinajstić information content (AvgIpc) is 2.67. The lowest BCUT2D eigenvalue weighted by Crippen LogP contribution is -2.50. The third-order valence-electron chi connectivity index (χ3n) is 3.42. The van der Waals surface area contributed by atoms with Crippen LogP contribution in [0.2, 0.25) is 0 Å². The molecule has 4 heteroatoms. The number of nitrogens with zero attached hydrogens (tertiary/aromatic N) is 1. The third kappa shape index (κ3) is 2.16. The van der Waals surface area contributed by atoms with Gasteiger partial charge in [-0.2, -0.15) is 0 Å². The summed E-state index contributed by atoms with van der Waals surface area (Å²) >= 11 is 0. The highest BCUT2D eigenvalue weighted by Gasteiger charge is 2.41. The van der Waals surface area contributed by atoms with Crippen molar-refractivity contribution < 1.29 is 14.6 Å². The number of amides is 1. The number of hydrogen-bond acceptors (Lipinski definition) is 3. The summed E-state index contributed by atoms with van der Waals surface area (Å²) in [5.41, 5.74) is -0.595. The zero-order valence-electron chi connectivity index (χ0n) is 9.24. The Hall–Kier alpha value is -0.610. The first-order chi connectivity index (χ1) is 7.12. The number of likely N-dealkylation sites (tertiary alicyclic amines) is 1. The number of ether oxygens (including phenoxy) is 1. The van der Waals surface area contributed by atoms with Crippen LogP contribution in [0.25, 0.3) is 0 Å². The molecule has 1 atom stereocenters. The molecule has 2 fully saturated rings. The Balaban J connectivity index is 1.95. The normalized spacial score (nSPS) is 33.3. The number of carbonyl (C=O) groups is 1. The van der Waals surface area contributed by atoms with Crippen LogP contribution in [0.3, 0.4) is 0 Å². The first-order valence-corrected chi connectivity index (χ1v) is 5.73. The largest absolute Gasteiger partial charge is 0.393 e. The summed E-state index contributed by atoms with van der Waals surface area (Å²) in [6.45, 7) is 3.91. The predicted octanol–water partition coefficient (Wildman–Crippen LogP) is 0.539. The van der Waals surface area contributed by atoms with Crippen molar-refractivity contribution in [3.05, 3.63) is 0 Å². The van der Waals surface area contributed by atoms with E-state index in [-0.39, 0.29) is 12.0 Å². The molecule has 0 spiro atoms. The van der Waals surface area contributed by atoms with Crippen LogP contribution in [0.15, 0.2) is 0 Å². The molecule has 86 valence electrons. The second kappa shape index (κ2) is 4.10. The van der Waals surface area contributed by atoms with E-state index in [0.29, 0.717) is 32.5 Å². The molecule has 0 aromatic rings. The van der Waals surface area contributed by atoms with Crippen LogP contribution in [0.1, 0.15) is 32.6 Å². The number of rotatable bonds is 1. The van der Waals surface area contributed by atoms with Gasteiger partial charge in [-0.3, -0.25) is 4.79 Å². The highest BCUT2D eigenvalue weighted by atomic mass is 16.5. The number of piperidine rings is 1. The molecule has 1 amide bonds. The lowest BCUT2D eigenvalue weighted by Gasteiger charge is -2.35. The van der Waals surface area contributed by atoms with Gasteiger partial charge in [-0.05, 0) is 32.6 Å². The quantitative estimate of drug-likeness (QED) is 0.691. The highest BCUT2D eigenvalue weighted by Crippen LogP contribution is 2.28. The van der Waals surface area contributed by atoms with E-state index in [1.807, 2.05) is 11.8 Å². The van der Waals surface area contributed by atoms with Crippen molar-refractivity contribution >= 4 is 5.91 Å². The molecule has 2 heterocycles. The average molecular weight is 213 g/mol. The van der Waals surface area contributed by atoms with Gasteiger partial charge in [0.25, 0.3) is 5.91 Å². The maximum Gasteiger partial charge on any atom is 0.254 e. The van der Waals surface area contributed by atoms with Crippen molar-refractivity contribution in [1.29, 1.82) is 0 Å². The van der Waals surface area contributed by atoms with Crippen molar-refractivity contribution in [2.24, 2.45) is 0 Å². The first-order valence-electron chi connectivity index (χ1n) is 5.73. The molecule has 0 aromatic carbocycles. The summed E-state index contributed by atoms with van der Waals surface area (Å²) in [4.78, 5) is 14.0. The van der Waals surface area contributed by atoms with E-state index >= 15 is 0 Å². The molecule has 0 radical (unpaired) electrons. The Morgan fingerprint density at radius 3 is 2.67 bits per heavy atom. The first kappa shape index (κ1) is 10.9. The topological polar surface area (TPSA) is 49.8 Å². The van der Waals surface area contributed by atoms with Gasteiger partial charge in [-0.1, -0.05) is 0 Å². The van der Waals surface area contributed by atoms with Gasteiger partial charge in [0.15, 0.2) is 0 Å². The molecule has 4 nitrogen and oxygen atoms in total. The fourth-order valence-electron chi connectivity index (χ4n) is 2.35. The van der Waals surface area contributed by atoms with Gasteiger partial charge in [-0.15, -0.1) is 0 Å². The van der Waals surface area contributed by atoms with E-state index in [4.69, 9.17) is 4.74 Å². The minimum atomic E-state index is -0.595. The molecule has 1 unspecified atom stereocenters. The lowest BCUT2D eigenvalue weighted by molar-refractivity contribution is -0.153. The van der Waals surface area contributed by atoms with Crippen LogP contribution in [0.5, 0.6) is 0 Å². The Labute approximate surface area is 90.2 Å². The summed E-state index contributed by atoms with van der Waals surface area (Å²) in [7, 11) is 0. The standard InChI is InChI=1S/C11H19NO3/c1-11(5-2-8-15-11)10(14)12-6-3-9(13)4-7-12/h9,13H,2-8H2,1H3. The van der Waals surface area contributed by atoms with Crippen LogP contribution >= 0.6 is 0 Å². The van der Waals surface area contributed by atoms with Gasteiger partial charge in [0.1, 0.15) is 5.60 Å². The van der Waals surface area contributed by atoms with Gasteiger partial charge < -0.3 is 14.7 Å². The monoisotopic (exact) mass is 213 g/mol. The minimum Gasteiger partial charge on any atom is -0.393 e. The molecule has 2 aliphatic rings. The fourth-order valence-corrected chi connectivity index (χ4v) is 2.35. The smallest absolute Gasteiger partial charge is 0.254 e. The van der Waals surface area contributed by atoms with Crippen molar-refractivity contribution in [3.8, 4) is 0 Å². The molecule has 1 N–H and O–H groups in total. The zero-order chi connectivity index (χ0) is 10.9. The van der Waals surface area contributed by atoms with Crippen molar-refractivity contribution in [2.45, 2.75) is 44.3 Å². The van der Waals surface area contributed by atoms with Crippen LogP contribution in [-0.4, -0.2) is 47.3 Å². The van der Waals surface area contributed by atoms with Crippen LogP contribution < -0.4 is 0 Å². The molecule has 0 bridgehead atoms. The van der Waals surface area contributed by atoms with E-state index in [1.165, 1.54) is 0 Å². The van der Waals surface area contributed by atoms with Gasteiger partial charge in [-0.25, -0.2) is 0 Å². The Bertz CT molecular complexity index is 240. The predicted molar refractivity (Wildman–Crippen MR) is 55.4 cm³/mol. The van der Waals surface area contributed by atoms with Gasteiger partial charge in [0, 0.05) is 19.7 Å². The van der Waals surface area contributed by atoms with Gasteiger partial charge in [0.05, 0.1) is 6.10 Å². The summed E-state index contributed by atoms with van der Waals surface area (Å²) in [5.74, 6) is 0.104. The number of aliphatic hydroxyl groups is 1. The maximum absolute atomic E-state index is 12.1. The van der Waals surface area contributed by atoms with Gasteiger partial charge >= 0.3 is 0 Å². The third-order valence-corrected chi connectivity index (χ3v) is 3.42. The van der Waals surface area contributed by atoms with E-state index in [1.54, 1.807) is 0 Å². The summed E-state index contributed by atoms with van der Waals surface area (Å²) in [6, 6.07) is 0. The fraction of sp³-hybridized carbons (Fsp3) is 0.909. The second-order valence-electron chi connectivity index (χ2n) is 4.71. The lowest BCUT2D eigenvalue weighted by atomic mass is 9.99. The second-order valence-corrected chi connectivity index (χ2v) is 4.71. The molecule has 0 saturated carbocycles. The van der Waals surface area contributed by atoms with Gasteiger partial charge in [0.2, 0.25) is 0 Å². The summed E-state index contributed by atoms with van der Waals surface area (Å²) in [5, 5.41) is 9.37. The van der Waals surface area contributed by atoms with Crippen molar-refractivity contribution in [1.82, 2.24) is 4.90 Å². The molecular weight excluding hydrogens is 194 g/mol. The molecule has 0 aromatic heterocycles. The van der Waals surface area contributed by atoms with E-state index in [0.717, 1.165) is 12.8 Å². The zero-order valence-corrected chi connectivity index (χ0v) is 9.24. The summed E-state index contributed by atoms with van der Waals surface area (Å²) in [6.07, 6.45) is 2.96.